The molecular weight excluding hydrogens is 202 g/mol. The highest BCUT2D eigenvalue weighted by atomic mass is 16.5. The van der Waals surface area contributed by atoms with Gasteiger partial charge in [0, 0.05) is 18.7 Å². The van der Waals surface area contributed by atoms with Crippen molar-refractivity contribution in [3.63, 3.8) is 0 Å². The normalized spacial score (nSPS) is 40.1. The van der Waals surface area contributed by atoms with Gasteiger partial charge in [-0.05, 0) is 32.6 Å². The van der Waals surface area contributed by atoms with Crippen molar-refractivity contribution in [3.8, 4) is 0 Å². The largest absolute Gasteiger partial charge is 0.392 e. The molecule has 2 atom stereocenters. The van der Waals surface area contributed by atoms with E-state index < -0.39 is 0 Å². The lowest BCUT2D eigenvalue weighted by Gasteiger charge is -2.38. The van der Waals surface area contributed by atoms with Crippen molar-refractivity contribution in [1.82, 2.24) is 5.32 Å². The van der Waals surface area contributed by atoms with E-state index in [1.54, 1.807) is 0 Å². The van der Waals surface area contributed by atoms with Crippen molar-refractivity contribution < 1.29 is 9.84 Å². The third kappa shape index (κ3) is 3.19. The van der Waals surface area contributed by atoms with Crippen LogP contribution in [0.2, 0.25) is 0 Å². The highest BCUT2D eigenvalue weighted by Crippen LogP contribution is 2.26. The van der Waals surface area contributed by atoms with Crippen molar-refractivity contribution in [2.45, 2.75) is 76.2 Å². The highest BCUT2D eigenvalue weighted by Gasteiger charge is 2.32. The molecule has 2 rings (SSSR count). The summed E-state index contributed by atoms with van der Waals surface area (Å²) in [5, 5.41) is 13.6. The summed E-state index contributed by atoms with van der Waals surface area (Å²) in [4.78, 5) is 0. The van der Waals surface area contributed by atoms with Crippen LogP contribution in [0.3, 0.4) is 0 Å². The Labute approximate surface area is 98.6 Å². The average Bonchev–Trinajstić information content (AvgIpc) is 2.41. The molecule has 0 aromatic carbocycles. The van der Waals surface area contributed by atoms with Gasteiger partial charge in [0.25, 0.3) is 0 Å². The van der Waals surface area contributed by atoms with E-state index in [1.165, 1.54) is 19.3 Å². The molecule has 16 heavy (non-hydrogen) atoms. The van der Waals surface area contributed by atoms with Crippen molar-refractivity contribution in [2.75, 3.05) is 6.61 Å². The van der Waals surface area contributed by atoms with Gasteiger partial charge in [-0.1, -0.05) is 19.3 Å². The summed E-state index contributed by atoms with van der Waals surface area (Å²) in [5.74, 6) is 0. The second-order valence-electron chi connectivity index (χ2n) is 5.22. The van der Waals surface area contributed by atoms with Crippen LogP contribution < -0.4 is 5.32 Å². The molecule has 0 aliphatic heterocycles. The van der Waals surface area contributed by atoms with Gasteiger partial charge in [0.05, 0.1) is 12.2 Å². The standard InChI is InChI=1S/C13H25NO2/c1-2-16-11-8-10(9-11)14-12-6-4-3-5-7-13(12)15/h10-15H,2-9H2,1H3. The van der Waals surface area contributed by atoms with E-state index in [0.29, 0.717) is 18.2 Å². The number of hydrogen-bond acceptors (Lipinski definition) is 3. The zero-order chi connectivity index (χ0) is 11.4. The molecule has 0 bridgehead atoms. The molecule has 2 aliphatic carbocycles. The molecule has 0 spiro atoms. The highest BCUT2D eigenvalue weighted by molar-refractivity contribution is 4.90. The number of rotatable bonds is 4. The maximum Gasteiger partial charge on any atom is 0.0693 e. The Morgan fingerprint density at radius 1 is 1.19 bits per heavy atom. The first-order valence-corrected chi connectivity index (χ1v) is 6.85. The summed E-state index contributed by atoms with van der Waals surface area (Å²) in [6.07, 6.45) is 8.41. The zero-order valence-electron chi connectivity index (χ0n) is 10.3. The van der Waals surface area contributed by atoms with Gasteiger partial charge in [-0.15, -0.1) is 0 Å². The quantitative estimate of drug-likeness (QED) is 0.720. The predicted molar refractivity (Wildman–Crippen MR) is 64.5 cm³/mol. The van der Waals surface area contributed by atoms with E-state index in [0.717, 1.165) is 32.3 Å². The van der Waals surface area contributed by atoms with Crippen LogP contribution in [0.15, 0.2) is 0 Å². The molecule has 3 nitrogen and oxygen atoms in total. The van der Waals surface area contributed by atoms with Crippen LogP contribution in [-0.2, 0) is 4.74 Å². The number of ether oxygens (including phenoxy) is 1. The van der Waals surface area contributed by atoms with Crippen molar-refractivity contribution in [2.24, 2.45) is 0 Å². The number of nitrogens with one attached hydrogen (secondary N) is 1. The van der Waals surface area contributed by atoms with E-state index >= 15 is 0 Å². The van der Waals surface area contributed by atoms with Gasteiger partial charge in [-0.3, -0.25) is 0 Å². The Morgan fingerprint density at radius 2 is 1.94 bits per heavy atom. The zero-order valence-corrected chi connectivity index (χ0v) is 10.3. The first-order valence-electron chi connectivity index (χ1n) is 6.85. The lowest BCUT2D eigenvalue weighted by molar-refractivity contribution is -0.0182. The topological polar surface area (TPSA) is 41.5 Å². The monoisotopic (exact) mass is 227 g/mol. The maximum absolute atomic E-state index is 9.99. The first kappa shape index (κ1) is 12.3. The van der Waals surface area contributed by atoms with Gasteiger partial charge in [-0.25, -0.2) is 0 Å². The summed E-state index contributed by atoms with van der Waals surface area (Å²) in [6, 6.07) is 0.907. The fourth-order valence-corrected chi connectivity index (χ4v) is 2.86. The maximum atomic E-state index is 9.99. The average molecular weight is 227 g/mol. The molecule has 2 N–H and O–H groups in total. The summed E-state index contributed by atoms with van der Waals surface area (Å²) >= 11 is 0. The van der Waals surface area contributed by atoms with Gasteiger partial charge >= 0.3 is 0 Å². The minimum Gasteiger partial charge on any atom is -0.392 e. The fraction of sp³-hybridized carbons (Fsp3) is 1.00. The minimum atomic E-state index is -0.131. The van der Waals surface area contributed by atoms with Crippen LogP contribution in [0.1, 0.15) is 51.9 Å². The first-order chi connectivity index (χ1) is 7.79. The smallest absolute Gasteiger partial charge is 0.0693 e. The molecule has 0 amide bonds. The van der Waals surface area contributed by atoms with Gasteiger partial charge in [0.2, 0.25) is 0 Å². The number of hydrogen-bond donors (Lipinski definition) is 2. The van der Waals surface area contributed by atoms with Crippen molar-refractivity contribution in [1.29, 1.82) is 0 Å². The summed E-state index contributed by atoms with van der Waals surface area (Å²) in [7, 11) is 0. The van der Waals surface area contributed by atoms with E-state index in [9.17, 15) is 5.11 Å². The van der Waals surface area contributed by atoms with Gasteiger partial charge in [-0.2, -0.15) is 0 Å². The molecule has 2 unspecified atom stereocenters. The molecule has 0 heterocycles. The molecule has 2 aliphatic rings. The molecule has 94 valence electrons. The Balaban J connectivity index is 1.69. The van der Waals surface area contributed by atoms with Crippen molar-refractivity contribution >= 4 is 0 Å². The summed E-state index contributed by atoms with van der Waals surface area (Å²) in [5.41, 5.74) is 0. The fourth-order valence-electron chi connectivity index (χ4n) is 2.86. The van der Waals surface area contributed by atoms with Crippen LogP contribution in [0.25, 0.3) is 0 Å². The van der Waals surface area contributed by atoms with E-state index in [-0.39, 0.29) is 6.10 Å². The molecule has 0 aromatic rings. The molecule has 0 saturated heterocycles. The third-order valence-electron chi connectivity index (χ3n) is 3.93. The van der Waals surface area contributed by atoms with Gasteiger partial charge < -0.3 is 15.2 Å². The van der Waals surface area contributed by atoms with E-state index in [2.05, 4.69) is 12.2 Å². The van der Waals surface area contributed by atoms with Crippen LogP contribution >= 0.6 is 0 Å². The van der Waals surface area contributed by atoms with Gasteiger partial charge in [0.15, 0.2) is 0 Å². The van der Waals surface area contributed by atoms with E-state index in [1.807, 2.05) is 0 Å². The molecule has 0 aromatic heterocycles. The van der Waals surface area contributed by atoms with Crippen molar-refractivity contribution in [3.05, 3.63) is 0 Å². The van der Waals surface area contributed by atoms with E-state index in [4.69, 9.17) is 4.74 Å². The Bertz CT molecular complexity index is 204. The summed E-state index contributed by atoms with van der Waals surface area (Å²) in [6.45, 7) is 2.87. The molecular formula is C13H25NO2. The second-order valence-corrected chi connectivity index (χ2v) is 5.22. The Morgan fingerprint density at radius 3 is 2.69 bits per heavy atom. The second kappa shape index (κ2) is 5.99. The lowest BCUT2D eigenvalue weighted by atomic mass is 9.87. The molecule has 0 radical (unpaired) electrons. The Kier molecular flexibility index (Phi) is 4.62. The van der Waals surface area contributed by atoms with Crippen LogP contribution in [0, 0.1) is 0 Å². The van der Waals surface area contributed by atoms with Crippen LogP contribution in [0.4, 0.5) is 0 Å². The van der Waals surface area contributed by atoms with Crippen LogP contribution in [0.5, 0.6) is 0 Å². The Hall–Kier alpha value is -0.120. The predicted octanol–water partition coefficient (Wildman–Crippen LogP) is 1.84. The summed E-state index contributed by atoms with van der Waals surface area (Å²) < 4.78 is 5.55. The number of aliphatic hydroxyl groups is 1. The SMILES string of the molecule is CCOC1CC(NC2CCCCCC2O)C1. The minimum absolute atomic E-state index is 0.131. The lowest BCUT2D eigenvalue weighted by Crippen LogP contribution is -2.52. The van der Waals surface area contributed by atoms with Crippen LogP contribution in [-0.4, -0.2) is 36.0 Å². The van der Waals surface area contributed by atoms with Gasteiger partial charge in [0.1, 0.15) is 0 Å². The molecule has 2 fully saturated rings. The number of aliphatic hydroxyl groups excluding tert-OH is 1. The third-order valence-corrected chi connectivity index (χ3v) is 3.93. The molecule has 3 heteroatoms. The molecule has 2 saturated carbocycles.